The predicted octanol–water partition coefficient (Wildman–Crippen LogP) is 1.90. The number of aromatic nitrogens is 2. The van der Waals surface area contributed by atoms with Crippen molar-refractivity contribution in [2.45, 2.75) is 38.3 Å². The van der Waals surface area contributed by atoms with Crippen molar-refractivity contribution in [3.63, 3.8) is 0 Å². The molecule has 2 unspecified atom stereocenters. The van der Waals surface area contributed by atoms with Gasteiger partial charge in [-0.15, -0.1) is 0 Å². The number of ether oxygens (including phenoxy) is 1. The van der Waals surface area contributed by atoms with Crippen molar-refractivity contribution in [2.24, 2.45) is 0 Å². The van der Waals surface area contributed by atoms with E-state index in [0.29, 0.717) is 17.3 Å². The first-order chi connectivity index (χ1) is 14.1. The molecule has 2 atom stereocenters. The van der Waals surface area contributed by atoms with Crippen LogP contribution in [0, 0.1) is 0 Å². The molecule has 1 aliphatic heterocycles. The normalized spacial score (nSPS) is 18.7. The third-order valence-electron chi connectivity index (χ3n) is 4.87. The van der Waals surface area contributed by atoms with Gasteiger partial charge in [0.05, 0.1) is 17.9 Å². The van der Waals surface area contributed by atoms with Gasteiger partial charge in [0.25, 0.3) is 5.91 Å². The van der Waals surface area contributed by atoms with Gasteiger partial charge in [0, 0.05) is 30.1 Å². The summed E-state index contributed by atoms with van der Waals surface area (Å²) in [7, 11) is -1.59. The third kappa shape index (κ3) is 5.57. The zero-order valence-electron chi connectivity index (χ0n) is 16.6. The number of halogens is 1. The molecular formula is C19H22ClN3O6S. The van der Waals surface area contributed by atoms with Gasteiger partial charge in [0.15, 0.2) is 15.9 Å². The van der Waals surface area contributed by atoms with Crippen LogP contribution in [0.3, 0.4) is 0 Å². The summed E-state index contributed by atoms with van der Waals surface area (Å²) in [5.74, 6) is -0.382. The Balaban J connectivity index is 1.48. The highest BCUT2D eigenvalue weighted by atomic mass is 35.5. The molecule has 1 aliphatic rings. The lowest BCUT2D eigenvalue weighted by molar-refractivity contribution is -0.159. The van der Waals surface area contributed by atoms with E-state index in [0.717, 1.165) is 5.56 Å². The first kappa shape index (κ1) is 22.2. The highest BCUT2D eigenvalue weighted by molar-refractivity contribution is 7.91. The number of esters is 1. The minimum absolute atomic E-state index is 0.0403. The van der Waals surface area contributed by atoms with Crippen LogP contribution in [0.2, 0.25) is 5.02 Å². The van der Waals surface area contributed by atoms with Crippen molar-refractivity contribution in [3.8, 4) is 11.4 Å². The fraction of sp³-hybridized carbons (Fsp3) is 0.474. The summed E-state index contributed by atoms with van der Waals surface area (Å²) < 4.78 is 33.5. The van der Waals surface area contributed by atoms with Crippen molar-refractivity contribution in [1.82, 2.24) is 15.0 Å². The first-order valence-electron chi connectivity index (χ1n) is 9.40. The minimum atomic E-state index is -3.11. The zero-order valence-corrected chi connectivity index (χ0v) is 18.1. The van der Waals surface area contributed by atoms with E-state index in [-0.39, 0.29) is 30.2 Å². The highest BCUT2D eigenvalue weighted by Gasteiger charge is 2.34. The summed E-state index contributed by atoms with van der Waals surface area (Å²) in [5.41, 5.74) is 0.730. The molecule has 2 aromatic rings. The monoisotopic (exact) mass is 455 g/mol. The van der Waals surface area contributed by atoms with Gasteiger partial charge in [-0.1, -0.05) is 16.8 Å². The summed E-state index contributed by atoms with van der Waals surface area (Å²) in [4.78, 5) is 30.1. The molecule has 1 aromatic heterocycles. The predicted molar refractivity (Wildman–Crippen MR) is 108 cm³/mol. The summed E-state index contributed by atoms with van der Waals surface area (Å²) >= 11 is 5.85. The van der Waals surface area contributed by atoms with Crippen LogP contribution in [-0.2, 0) is 30.6 Å². The van der Waals surface area contributed by atoms with E-state index in [2.05, 4.69) is 10.1 Å². The molecule has 30 heavy (non-hydrogen) atoms. The van der Waals surface area contributed by atoms with Crippen molar-refractivity contribution in [2.75, 3.05) is 18.6 Å². The molecule has 1 aromatic carbocycles. The summed E-state index contributed by atoms with van der Waals surface area (Å²) in [6.45, 7) is 1.46. The second-order valence-electron chi connectivity index (χ2n) is 7.16. The second kappa shape index (κ2) is 9.13. The Kier molecular flexibility index (Phi) is 6.77. The maximum Gasteiger partial charge on any atom is 0.307 e. The molecule has 2 heterocycles. The van der Waals surface area contributed by atoms with Crippen LogP contribution in [0.5, 0.6) is 0 Å². The van der Waals surface area contributed by atoms with Crippen LogP contribution in [0.4, 0.5) is 0 Å². The standard InChI is InChI=1S/C19H22ClN3O6S/c1-12(19(25)23(2)15-9-10-30(26,27)11-15)28-17(24)8-7-16-21-18(22-29-16)13-3-5-14(20)6-4-13/h3-6,12,15H,7-11H2,1-2H3. The number of carbonyl (C=O) groups excluding carboxylic acids is 2. The molecular weight excluding hydrogens is 434 g/mol. The number of nitrogens with zero attached hydrogens (tertiary/aromatic N) is 3. The SMILES string of the molecule is CC(OC(=O)CCc1nc(-c2ccc(Cl)cc2)no1)C(=O)N(C)C1CCS(=O)(=O)C1. The van der Waals surface area contributed by atoms with Crippen molar-refractivity contribution in [3.05, 3.63) is 35.2 Å². The highest BCUT2D eigenvalue weighted by Crippen LogP contribution is 2.20. The van der Waals surface area contributed by atoms with Crippen LogP contribution < -0.4 is 0 Å². The molecule has 0 saturated carbocycles. The van der Waals surface area contributed by atoms with E-state index >= 15 is 0 Å². The van der Waals surface area contributed by atoms with Gasteiger partial charge in [-0.3, -0.25) is 9.59 Å². The first-order valence-corrected chi connectivity index (χ1v) is 11.6. The lowest BCUT2D eigenvalue weighted by Crippen LogP contribution is -2.44. The number of hydrogen-bond donors (Lipinski definition) is 0. The number of hydrogen-bond acceptors (Lipinski definition) is 8. The lowest BCUT2D eigenvalue weighted by atomic mass is 10.2. The number of aryl methyl sites for hydroxylation is 1. The number of benzene rings is 1. The minimum Gasteiger partial charge on any atom is -0.453 e. The largest absolute Gasteiger partial charge is 0.453 e. The zero-order chi connectivity index (χ0) is 21.9. The molecule has 1 fully saturated rings. The number of amides is 1. The fourth-order valence-corrected chi connectivity index (χ4v) is 5.04. The average Bonchev–Trinajstić information content (AvgIpc) is 3.32. The molecule has 0 aliphatic carbocycles. The second-order valence-corrected chi connectivity index (χ2v) is 9.82. The molecule has 1 amide bonds. The van der Waals surface area contributed by atoms with Gasteiger partial charge in [-0.25, -0.2) is 8.42 Å². The quantitative estimate of drug-likeness (QED) is 0.580. The molecule has 9 nitrogen and oxygen atoms in total. The molecule has 162 valence electrons. The smallest absolute Gasteiger partial charge is 0.307 e. The Morgan fingerprint density at radius 3 is 2.67 bits per heavy atom. The Labute approximate surface area is 179 Å². The molecule has 1 saturated heterocycles. The van der Waals surface area contributed by atoms with Gasteiger partial charge in [0.1, 0.15) is 0 Å². The number of sulfone groups is 1. The van der Waals surface area contributed by atoms with E-state index in [1.165, 1.54) is 18.9 Å². The van der Waals surface area contributed by atoms with Gasteiger partial charge in [0.2, 0.25) is 11.7 Å². The van der Waals surface area contributed by atoms with Crippen LogP contribution in [0.15, 0.2) is 28.8 Å². The van der Waals surface area contributed by atoms with Crippen molar-refractivity contribution < 1.29 is 27.3 Å². The summed E-state index contributed by atoms with van der Waals surface area (Å²) in [6, 6.07) is 6.53. The van der Waals surface area contributed by atoms with E-state index in [9.17, 15) is 18.0 Å². The number of carbonyl (C=O) groups is 2. The van der Waals surface area contributed by atoms with Gasteiger partial charge < -0.3 is 14.2 Å². The summed E-state index contributed by atoms with van der Waals surface area (Å²) in [5, 5.41) is 4.46. The van der Waals surface area contributed by atoms with E-state index in [4.69, 9.17) is 20.9 Å². The summed E-state index contributed by atoms with van der Waals surface area (Å²) in [6.07, 6.45) is -0.505. The van der Waals surface area contributed by atoms with Crippen LogP contribution in [0.1, 0.15) is 25.7 Å². The molecule has 3 rings (SSSR count). The number of likely N-dealkylation sites (N-methyl/N-ethyl adjacent to an activating group) is 1. The van der Waals surface area contributed by atoms with Gasteiger partial charge in [-0.05, 0) is 37.6 Å². The Hall–Kier alpha value is -2.46. The Morgan fingerprint density at radius 2 is 2.03 bits per heavy atom. The topological polar surface area (TPSA) is 120 Å². The molecule has 0 radical (unpaired) electrons. The lowest BCUT2D eigenvalue weighted by Gasteiger charge is -2.26. The van der Waals surface area contributed by atoms with Gasteiger partial charge in [-0.2, -0.15) is 4.98 Å². The maximum absolute atomic E-state index is 12.4. The molecule has 0 bridgehead atoms. The third-order valence-corrected chi connectivity index (χ3v) is 6.88. The van der Waals surface area contributed by atoms with Crippen molar-refractivity contribution in [1.29, 1.82) is 0 Å². The molecule has 11 heteroatoms. The van der Waals surface area contributed by atoms with Crippen LogP contribution in [0.25, 0.3) is 11.4 Å². The van der Waals surface area contributed by atoms with E-state index < -0.39 is 33.9 Å². The van der Waals surface area contributed by atoms with Crippen molar-refractivity contribution >= 4 is 33.3 Å². The van der Waals surface area contributed by atoms with E-state index in [1.807, 2.05) is 0 Å². The van der Waals surface area contributed by atoms with Crippen LogP contribution >= 0.6 is 11.6 Å². The molecule has 0 N–H and O–H groups in total. The van der Waals surface area contributed by atoms with E-state index in [1.54, 1.807) is 24.3 Å². The number of rotatable bonds is 7. The van der Waals surface area contributed by atoms with Crippen LogP contribution in [-0.4, -0.2) is 66.0 Å². The Bertz CT molecular complexity index is 1020. The Morgan fingerprint density at radius 1 is 1.33 bits per heavy atom. The van der Waals surface area contributed by atoms with Gasteiger partial charge >= 0.3 is 5.97 Å². The fourth-order valence-electron chi connectivity index (χ4n) is 3.14. The molecule has 0 spiro atoms. The maximum atomic E-state index is 12.4. The average molecular weight is 456 g/mol.